The van der Waals surface area contributed by atoms with Gasteiger partial charge < -0.3 is 9.32 Å². The Balaban J connectivity index is 1.80. The fourth-order valence-electron chi connectivity index (χ4n) is 3.08. The van der Waals surface area contributed by atoms with Crippen LogP contribution in [-0.4, -0.2) is 33.7 Å². The Morgan fingerprint density at radius 2 is 1.83 bits per heavy atom. The van der Waals surface area contributed by atoms with E-state index in [1.807, 2.05) is 60.5 Å². The van der Waals surface area contributed by atoms with Crippen molar-refractivity contribution in [3.8, 4) is 17.1 Å². The van der Waals surface area contributed by atoms with E-state index in [0.717, 1.165) is 37.4 Å². The molecule has 5 heteroatoms. The molecular formula is C19H19N3O2. The number of furan rings is 1. The molecule has 24 heavy (non-hydrogen) atoms. The van der Waals surface area contributed by atoms with Gasteiger partial charge in [0, 0.05) is 19.3 Å². The minimum Gasteiger partial charge on any atom is -0.460 e. The average Bonchev–Trinajstić information content (AvgIpc) is 3.35. The third kappa shape index (κ3) is 2.62. The van der Waals surface area contributed by atoms with Crippen LogP contribution in [0.5, 0.6) is 0 Å². The van der Waals surface area contributed by atoms with Crippen molar-refractivity contribution in [3.05, 3.63) is 60.0 Å². The first kappa shape index (κ1) is 14.8. The van der Waals surface area contributed by atoms with Crippen LogP contribution >= 0.6 is 0 Å². The number of amides is 1. The van der Waals surface area contributed by atoms with E-state index in [9.17, 15) is 4.79 Å². The maximum atomic E-state index is 12.9. The lowest BCUT2D eigenvalue weighted by Crippen LogP contribution is -2.27. The maximum Gasteiger partial charge on any atom is 0.257 e. The molecule has 0 unspecified atom stereocenters. The third-order valence-corrected chi connectivity index (χ3v) is 4.33. The number of benzene rings is 1. The van der Waals surface area contributed by atoms with E-state index in [-0.39, 0.29) is 5.91 Å². The van der Waals surface area contributed by atoms with E-state index in [0.29, 0.717) is 17.0 Å². The second kappa shape index (κ2) is 6.00. The van der Waals surface area contributed by atoms with Gasteiger partial charge in [-0.05, 0) is 44.0 Å². The van der Waals surface area contributed by atoms with Crippen molar-refractivity contribution in [3.63, 3.8) is 0 Å². The zero-order chi connectivity index (χ0) is 16.5. The minimum absolute atomic E-state index is 0.0266. The number of carbonyl (C=O) groups is 1. The molecule has 1 amide bonds. The number of rotatable bonds is 3. The highest BCUT2D eigenvalue weighted by atomic mass is 16.3. The summed E-state index contributed by atoms with van der Waals surface area (Å²) in [6.07, 6.45) is 3.94. The van der Waals surface area contributed by atoms with Crippen molar-refractivity contribution >= 4 is 5.91 Å². The summed E-state index contributed by atoms with van der Waals surface area (Å²) in [5, 5.41) is 4.63. The van der Waals surface area contributed by atoms with Crippen LogP contribution in [0.3, 0.4) is 0 Å². The molecule has 0 aliphatic carbocycles. The summed E-state index contributed by atoms with van der Waals surface area (Å²) in [4.78, 5) is 14.8. The van der Waals surface area contributed by atoms with Gasteiger partial charge in [-0.3, -0.25) is 4.79 Å². The van der Waals surface area contributed by atoms with Gasteiger partial charge in [0.2, 0.25) is 0 Å². The normalized spacial score (nSPS) is 14.3. The van der Waals surface area contributed by atoms with E-state index < -0.39 is 0 Å². The van der Waals surface area contributed by atoms with Crippen LogP contribution in [0.15, 0.2) is 53.1 Å². The van der Waals surface area contributed by atoms with Crippen LogP contribution in [0.25, 0.3) is 17.1 Å². The number of para-hydroxylation sites is 1. The van der Waals surface area contributed by atoms with Crippen LogP contribution in [0.4, 0.5) is 0 Å². The maximum absolute atomic E-state index is 12.9. The van der Waals surface area contributed by atoms with E-state index in [1.54, 1.807) is 4.68 Å². The van der Waals surface area contributed by atoms with E-state index in [2.05, 4.69) is 5.10 Å². The Morgan fingerprint density at radius 3 is 2.50 bits per heavy atom. The number of nitrogens with zero attached hydrogens (tertiary/aromatic N) is 3. The molecule has 0 saturated carbocycles. The van der Waals surface area contributed by atoms with Gasteiger partial charge in [-0.25, -0.2) is 4.68 Å². The highest BCUT2D eigenvalue weighted by Gasteiger charge is 2.26. The molecule has 4 rings (SSSR count). The van der Waals surface area contributed by atoms with Gasteiger partial charge >= 0.3 is 0 Å². The average molecular weight is 321 g/mol. The molecule has 1 aromatic carbocycles. The molecule has 1 aliphatic rings. The standard InChI is InChI=1S/C19H19N3O2/c1-14-9-10-17(24-14)18-16(19(23)21-11-5-6-12-21)13-22(20-18)15-7-3-2-4-8-15/h2-4,7-10,13H,5-6,11-12H2,1H3. The number of carbonyl (C=O) groups excluding carboxylic acids is 1. The predicted molar refractivity (Wildman–Crippen MR) is 91.1 cm³/mol. The molecule has 3 aromatic rings. The SMILES string of the molecule is Cc1ccc(-c2nn(-c3ccccc3)cc2C(=O)N2CCCC2)o1. The molecule has 1 fully saturated rings. The first-order valence-electron chi connectivity index (χ1n) is 8.23. The van der Waals surface area contributed by atoms with Gasteiger partial charge in [-0.2, -0.15) is 5.10 Å². The molecule has 1 saturated heterocycles. The molecule has 122 valence electrons. The second-order valence-corrected chi connectivity index (χ2v) is 6.08. The molecule has 0 spiro atoms. The van der Waals surface area contributed by atoms with E-state index in [4.69, 9.17) is 4.42 Å². The lowest BCUT2D eigenvalue weighted by molar-refractivity contribution is 0.0793. The third-order valence-electron chi connectivity index (χ3n) is 4.33. The van der Waals surface area contributed by atoms with Gasteiger partial charge in [0.1, 0.15) is 11.5 Å². The first-order chi connectivity index (χ1) is 11.7. The zero-order valence-corrected chi connectivity index (χ0v) is 13.6. The molecular weight excluding hydrogens is 302 g/mol. The molecule has 1 aliphatic heterocycles. The van der Waals surface area contributed by atoms with Crippen LogP contribution in [0, 0.1) is 6.92 Å². The minimum atomic E-state index is 0.0266. The van der Waals surface area contributed by atoms with Gasteiger partial charge in [-0.1, -0.05) is 18.2 Å². The summed E-state index contributed by atoms with van der Waals surface area (Å²) < 4.78 is 7.47. The predicted octanol–water partition coefficient (Wildman–Crippen LogP) is 3.68. The Bertz CT molecular complexity index is 858. The van der Waals surface area contributed by atoms with Crippen molar-refractivity contribution in [2.75, 3.05) is 13.1 Å². The Labute approximate surface area is 140 Å². The topological polar surface area (TPSA) is 51.3 Å². The summed E-state index contributed by atoms with van der Waals surface area (Å²) >= 11 is 0. The van der Waals surface area contributed by atoms with Crippen molar-refractivity contribution in [1.29, 1.82) is 0 Å². The highest BCUT2D eigenvalue weighted by Crippen LogP contribution is 2.27. The fourth-order valence-corrected chi connectivity index (χ4v) is 3.08. The summed E-state index contributed by atoms with van der Waals surface area (Å²) in [5.74, 6) is 1.46. The number of hydrogen-bond donors (Lipinski definition) is 0. The Hall–Kier alpha value is -2.82. The summed E-state index contributed by atoms with van der Waals surface area (Å²) in [6.45, 7) is 3.51. The molecule has 2 aromatic heterocycles. The Morgan fingerprint density at radius 1 is 1.08 bits per heavy atom. The largest absolute Gasteiger partial charge is 0.460 e. The quantitative estimate of drug-likeness (QED) is 0.739. The second-order valence-electron chi connectivity index (χ2n) is 6.08. The lowest BCUT2D eigenvalue weighted by Gasteiger charge is -2.14. The van der Waals surface area contributed by atoms with Crippen molar-refractivity contribution in [1.82, 2.24) is 14.7 Å². The van der Waals surface area contributed by atoms with Crippen molar-refractivity contribution in [2.24, 2.45) is 0 Å². The molecule has 0 atom stereocenters. The van der Waals surface area contributed by atoms with Crippen LogP contribution < -0.4 is 0 Å². The van der Waals surface area contributed by atoms with Crippen molar-refractivity contribution < 1.29 is 9.21 Å². The number of hydrogen-bond acceptors (Lipinski definition) is 3. The highest BCUT2D eigenvalue weighted by molar-refractivity contribution is 5.99. The summed E-state index contributed by atoms with van der Waals surface area (Å²) in [5.41, 5.74) is 2.11. The van der Waals surface area contributed by atoms with E-state index >= 15 is 0 Å². The lowest BCUT2D eigenvalue weighted by atomic mass is 10.2. The van der Waals surface area contributed by atoms with Gasteiger partial charge in [0.15, 0.2) is 5.76 Å². The van der Waals surface area contributed by atoms with E-state index in [1.165, 1.54) is 0 Å². The molecule has 5 nitrogen and oxygen atoms in total. The molecule has 0 radical (unpaired) electrons. The van der Waals surface area contributed by atoms with Crippen LogP contribution in [0.1, 0.15) is 29.0 Å². The van der Waals surface area contributed by atoms with Crippen LogP contribution in [0.2, 0.25) is 0 Å². The first-order valence-corrected chi connectivity index (χ1v) is 8.23. The molecule has 0 bridgehead atoms. The fraction of sp³-hybridized carbons (Fsp3) is 0.263. The Kier molecular flexibility index (Phi) is 3.69. The number of likely N-dealkylation sites (tertiary alicyclic amines) is 1. The molecule has 0 N–H and O–H groups in total. The van der Waals surface area contributed by atoms with Crippen molar-refractivity contribution in [2.45, 2.75) is 19.8 Å². The summed E-state index contributed by atoms with van der Waals surface area (Å²) in [6, 6.07) is 13.6. The monoisotopic (exact) mass is 321 g/mol. The van der Waals surface area contributed by atoms with Gasteiger partial charge in [-0.15, -0.1) is 0 Å². The van der Waals surface area contributed by atoms with Crippen LogP contribution in [-0.2, 0) is 0 Å². The smallest absolute Gasteiger partial charge is 0.257 e. The summed E-state index contributed by atoms with van der Waals surface area (Å²) in [7, 11) is 0. The molecule has 3 heterocycles. The number of aromatic nitrogens is 2. The van der Waals surface area contributed by atoms with Gasteiger partial charge in [0.25, 0.3) is 5.91 Å². The number of aryl methyl sites for hydroxylation is 1. The van der Waals surface area contributed by atoms with Gasteiger partial charge in [0.05, 0.1) is 11.3 Å². The zero-order valence-electron chi connectivity index (χ0n) is 13.6.